The highest BCUT2D eigenvalue weighted by Gasteiger charge is 2.22. The van der Waals surface area contributed by atoms with E-state index in [0.717, 1.165) is 11.1 Å². The molecule has 0 saturated carbocycles. The van der Waals surface area contributed by atoms with Gasteiger partial charge in [0.15, 0.2) is 5.78 Å². The average Bonchev–Trinajstić information content (AvgIpc) is 2.59. The van der Waals surface area contributed by atoms with Crippen LogP contribution in [-0.4, -0.2) is 17.2 Å². The van der Waals surface area contributed by atoms with Gasteiger partial charge in [-0.25, -0.2) is 4.79 Å². The van der Waals surface area contributed by atoms with Crippen molar-refractivity contribution < 1.29 is 14.3 Å². The van der Waals surface area contributed by atoms with E-state index >= 15 is 0 Å². The van der Waals surface area contributed by atoms with Gasteiger partial charge in [0.2, 0.25) is 0 Å². The van der Waals surface area contributed by atoms with Crippen LogP contribution in [0.2, 0.25) is 0 Å². The van der Waals surface area contributed by atoms with E-state index in [-0.39, 0.29) is 17.7 Å². The number of hydrogen-bond acceptors (Lipinski definition) is 3. The average molecular weight is 362 g/mol. The van der Waals surface area contributed by atoms with Gasteiger partial charge in [-0.05, 0) is 11.1 Å². The normalized spacial score (nSPS) is 11.5. The van der Waals surface area contributed by atoms with Crippen molar-refractivity contribution in [3.8, 4) is 0 Å². The van der Waals surface area contributed by atoms with Crippen LogP contribution in [0.1, 0.15) is 17.2 Å². The fraction of sp³-hybridized carbons (Fsp3) is 0.176. The predicted octanol–water partition coefficient (Wildman–Crippen LogP) is 3.62. The van der Waals surface area contributed by atoms with Gasteiger partial charge in [0.1, 0.15) is 12.6 Å². The van der Waals surface area contributed by atoms with Gasteiger partial charge < -0.3 is 10.1 Å². The molecule has 114 valence electrons. The smallest absolute Gasteiger partial charge is 0.408 e. The van der Waals surface area contributed by atoms with Gasteiger partial charge in [0.05, 0.1) is 5.33 Å². The number of Topliss-reactive ketones (excluding diaryl/α,β-unsaturated/α-hetero) is 1. The number of alkyl halides is 1. The maximum Gasteiger partial charge on any atom is 0.408 e. The van der Waals surface area contributed by atoms with E-state index in [1.165, 1.54) is 0 Å². The van der Waals surface area contributed by atoms with E-state index in [2.05, 4.69) is 21.2 Å². The minimum Gasteiger partial charge on any atom is -0.445 e. The molecule has 0 saturated heterocycles. The van der Waals surface area contributed by atoms with Gasteiger partial charge in [-0.2, -0.15) is 0 Å². The lowest BCUT2D eigenvalue weighted by atomic mass is 10.0. The molecule has 1 amide bonds. The molecular formula is C17H16BrNO3. The molecule has 0 heterocycles. The van der Waals surface area contributed by atoms with Gasteiger partial charge in [0.25, 0.3) is 0 Å². The highest BCUT2D eigenvalue weighted by atomic mass is 79.9. The Bertz CT molecular complexity index is 616. The van der Waals surface area contributed by atoms with Gasteiger partial charge in [-0.15, -0.1) is 0 Å². The maximum absolute atomic E-state index is 12.0. The quantitative estimate of drug-likeness (QED) is 0.799. The summed E-state index contributed by atoms with van der Waals surface area (Å²) in [6, 6.07) is 17.7. The Morgan fingerprint density at radius 1 is 1.00 bits per heavy atom. The molecule has 5 heteroatoms. The predicted molar refractivity (Wildman–Crippen MR) is 87.7 cm³/mol. The molecule has 0 aliphatic carbocycles. The minimum absolute atomic E-state index is 0.136. The van der Waals surface area contributed by atoms with Crippen molar-refractivity contribution in [2.24, 2.45) is 0 Å². The summed E-state index contributed by atoms with van der Waals surface area (Å²) in [6.07, 6.45) is -0.619. The summed E-state index contributed by atoms with van der Waals surface area (Å²) in [4.78, 5) is 23.9. The van der Waals surface area contributed by atoms with Crippen molar-refractivity contribution in [2.75, 3.05) is 5.33 Å². The third-order valence-corrected chi connectivity index (χ3v) is 3.61. The number of amides is 1. The molecular weight excluding hydrogens is 346 g/mol. The zero-order chi connectivity index (χ0) is 15.8. The second-order valence-corrected chi connectivity index (χ2v) is 5.21. The molecule has 0 radical (unpaired) electrons. The molecule has 2 rings (SSSR count). The first-order valence-corrected chi connectivity index (χ1v) is 7.93. The van der Waals surface area contributed by atoms with Crippen LogP contribution in [0.5, 0.6) is 0 Å². The molecule has 0 aromatic heterocycles. The maximum atomic E-state index is 12.0. The molecule has 0 aliphatic rings. The van der Waals surface area contributed by atoms with E-state index in [4.69, 9.17) is 4.74 Å². The number of alkyl carbamates (subject to hydrolysis) is 1. The van der Waals surface area contributed by atoms with E-state index in [9.17, 15) is 9.59 Å². The largest absolute Gasteiger partial charge is 0.445 e. The van der Waals surface area contributed by atoms with Crippen LogP contribution in [-0.2, 0) is 16.1 Å². The molecule has 1 atom stereocenters. The van der Waals surface area contributed by atoms with Gasteiger partial charge >= 0.3 is 6.09 Å². The van der Waals surface area contributed by atoms with Crippen LogP contribution in [0.15, 0.2) is 60.7 Å². The fourth-order valence-electron chi connectivity index (χ4n) is 1.95. The summed E-state index contributed by atoms with van der Waals surface area (Å²) in [5, 5.41) is 2.77. The lowest BCUT2D eigenvalue weighted by Crippen LogP contribution is -2.34. The molecule has 0 spiro atoms. The summed E-state index contributed by atoms with van der Waals surface area (Å²) < 4.78 is 5.16. The second-order valence-electron chi connectivity index (χ2n) is 4.65. The monoisotopic (exact) mass is 361 g/mol. The van der Waals surface area contributed by atoms with E-state index in [1.807, 2.05) is 48.5 Å². The Balaban J connectivity index is 1.98. The van der Waals surface area contributed by atoms with Crippen molar-refractivity contribution in [3.63, 3.8) is 0 Å². The second kappa shape index (κ2) is 8.34. The first-order chi connectivity index (χ1) is 10.7. The molecule has 1 N–H and O–H groups in total. The van der Waals surface area contributed by atoms with Crippen LogP contribution >= 0.6 is 15.9 Å². The molecule has 22 heavy (non-hydrogen) atoms. The first-order valence-electron chi connectivity index (χ1n) is 6.81. The Kier molecular flexibility index (Phi) is 6.15. The number of hydrogen-bond donors (Lipinski definition) is 1. The Morgan fingerprint density at radius 3 is 2.18 bits per heavy atom. The third-order valence-electron chi connectivity index (χ3n) is 3.06. The molecule has 0 bridgehead atoms. The van der Waals surface area contributed by atoms with Crippen molar-refractivity contribution >= 4 is 27.8 Å². The van der Waals surface area contributed by atoms with Crippen LogP contribution in [0.25, 0.3) is 0 Å². The van der Waals surface area contributed by atoms with E-state index in [0.29, 0.717) is 0 Å². The van der Waals surface area contributed by atoms with Gasteiger partial charge in [-0.3, -0.25) is 4.79 Å². The number of nitrogens with one attached hydrogen (secondary N) is 1. The van der Waals surface area contributed by atoms with E-state index in [1.54, 1.807) is 12.1 Å². The molecule has 2 aromatic carbocycles. The van der Waals surface area contributed by atoms with Crippen molar-refractivity contribution in [1.82, 2.24) is 5.32 Å². The van der Waals surface area contributed by atoms with Gasteiger partial charge in [-0.1, -0.05) is 76.6 Å². The first kappa shape index (κ1) is 16.2. The third kappa shape index (κ3) is 4.70. The number of halogens is 1. The number of carbonyl (C=O) groups is 2. The molecule has 0 aliphatic heterocycles. The summed E-state index contributed by atoms with van der Waals surface area (Å²) in [7, 11) is 0. The number of carbonyl (C=O) groups excluding carboxylic acids is 2. The Hall–Kier alpha value is -2.14. The topological polar surface area (TPSA) is 55.4 Å². The number of ketones is 1. The number of ether oxygens (including phenoxy) is 1. The van der Waals surface area contributed by atoms with Crippen molar-refractivity contribution in [2.45, 2.75) is 12.6 Å². The van der Waals surface area contributed by atoms with Crippen LogP contribution < -0.4 is 5.32 Å². The lowest BCUT2D eigenvalue weighted by molar-refractivity contribution is -0.118. The SMILES string of the molecule is O=C(NC(C(=O)CBr)c1ccccc1)OCc1ccccc1. The Morgan fingerprint density at radius 2 is 1.59 bits per heavy atom. The minimum atomic E-state index is -0.719. The van der Waals surface area contributed by atoms with E-state index < -0.39 is 12.1 Å². The molecule has 4 nitrogen and oxygen atoms in total. The number of rotatable bonds is 6. The summed E-state index contributed by atoms with van der Waals surface area (Å²) >= 11 is 3.14. The molecule has 2 aromatic rings. The van der Waals surface area contributed by atoms with Crippen molar-refractivity contribution in [1.29, 1.82) is 0 Å². The number of benzene rings is 2. The summed E-state index contributed by atoms with van der Waals surface area (Å²) in [5.41, 5.74) is 1.62. The van der Waals surface area contributed by atoms with Crippen LogP contribution in [0, 0.1) is 0 Å². The standard InChI is InChI=1S/C17H16BrNO3/c18-11-15(20)16(14-9-5-2-6-10-14)19-17(21)22-12-13-7-3-1-4-8-13/h1-10,16H,11-12H2,(H,19,21). The van der Waals surface area contributed by atoms with Crippen molar-refractivity contribution in [3.05, 3.63) is 71.8 Å². The highest BCUT2D eigenvalue weighted by Crippen LogP contribution is 2.15. The fourth-order valence-corrected chi connectivity index (χ4v) is 2.28. The van der Waals surface area contributed by atoms with Gasteiger partial charge in [0, 0.05) is 0 Å². The summed E-state index contributed by atoms with van der Waals surface area (Å²) in [6.45, 7) is 0.163. The Labute approximate surface area is 137 Å². The highest BCUT2D eigenvalue weighted by molar-refractivity contribution is 9.09. The lowest BCUT2D eigenvalue weighted by Gasteiger charge is -2.17. The summed E-state index contributed by atoms with van der Waals surface area (Å²) in [5.74, 6) is -0.136. The zero-order valence-electron chi connectivity index (χ0n) is 11.9. The molecule has 1 unspecified atom stereocenters. The molecule has 0 fully saturated rings. The zero-order valence-corrected chi connectivity index (χ0v) is 13.5. The van der Waals surface area contributed by atoms with Crippen LogP contribution in [0.4, 0.5) is 4.79 Å². The van der Waals surface area contributed by atoms with Crippen LogP contribution in [0.3, 0.4) is 0 Å².